The van der Waals surface area contributed by atoms with Gasteiger partial charge in [0.1, 0.15) is 5.60 Å². The molecule has 1 saturated carbocycles. The van der Waals surface area contributed by atoms with Gasteiger partial charge >= 0.3 is 0 Å². The first-order chi connectivity index (χ1) is 5.54. The van der Waals surface area contributed by atoms with Crippen molar-refractivity contribution in [3.05, 3.63) is 24.3 Å². The van der Waals surface area contributed by atoms with Crippen molar-refractivity contribution >= 4 is 0 Å². The van der Waals surface area contributed by atoms with E-state index in [0.717, 1.165) is 12.8 Å². The van der Waals surface area contributed by atoms with E-state index in [4.69, 9.17) is 4.74 Å². The topological polar surface area (TPSA) is 12.5 Å². The predicted molar refractivity (Wildman–Crippen MR) is 50.0 cm³/mol. The summed E-state index contributed by atoms with van der Waals surface area (Å²) in [6, 6.07) is 0. The molecule has 0 radical (unpaired) electrons. The molecule has 1 unspecified atom stereocenters. The van der Waals surface area contributed by atoms with Gasteiger partial charge in [0, 0.05) is 0 Å². The molecule has 2 fully saturated rings. The summed E-state index contributed by atoms with van der Waals surface area (Å²) in [5, 5.41) is 0. The van der Waals surface area contributed by atoms with Crippen LogP contribution in [0.1, 0.15) is 26.7 Å². The Balaban J connectivity index is 2.12. The number of epoxide rings is 1. The van der Waals surface area contributed by atoms with Crippen molar-refractivity contribution in [1.29, 1.82) is 0 Å². The highest BCUT2D eigenvalue weighted by Crippen LogP contribution is 2.52. The van der Waals surface area contributed by atoms with Crippen molar-refractivity contribution < 1.29 is 4.74 Å². The van der Waals surface area contributed by atoms with Crippen LogP contribution in [0.25, 0.3) is 0 Å². The fraction of sp³-hybridized carbons (Fsp3) is 0.636. The van der Waals surface area contributed by atoms with Crippen LogP contribution in [0.4, 0.5) is 0 Å². The number of fused-ring (bicyclic) bond motifs is 1. The van der Waals surface area contributed by atoms with Gasteiger partial charge in [-0.15, -0.1) is 0 Å². The van der Waals surface area contributed by atoms with Crippen molar-refractivity contribution in [2.75, 3.05) is 0 Å². The average molecular weight is 164 g/mol. The Kier molecular flexibility index (Phi) is 1.50. The quantitative estimate of drug-likeness (QED) is 0.429. The minimum atomic E-state index is 0.0337. The third-order valence-electron chi connectivity index (χ3n) is 3.33. The number of ether oxygens (including phenoxy) is 1. The molecule has 0 aromatic heterocycles. The Morgan fingerprint density at radius 2 is 2.33 bits per heavy atom. The predicted octanol–water partition coefficient (Wildman–Crippen LogP) is 2.69. The second-order valence-corrected chi connectivity index (χ2v) is 4.30. The van der Waals surface area contributed by atoms with Crippen molar-refractivity contribution in [3.63, 3.8) is 0 Å². The summed E-state index contributed by atoms with van der Waals surface area (Å²) < 4.78 is 5.62. The van der Waals surface area contributed by atoms with E-state index in [-0.39, 0.29) is 5.60 Å². The largest absolute Gasteiger partial charge is 0.362 e. The van der Waals surface area contributed by atoms with Crippen molar-refractivity contribution in [1.82, 2.24) is 0 Å². The molecule has 2 aliphatic rings. The van der Waals surface area contributed by atoms with Crippen LogP contribution >= 0.6 is 0 Å². The van der Waals surface area contributed by atoms with E-state index in [2.05, 4.69) is 27.0 Å². The first-order valence-corrected chi connectivity index (χ1v) is 4.55. The van der Waals surface area contributed by atoms with Gasteiger partial charge in [-0.25, -0.2) is 0 Å². The molecule has 0 N–H and O–H groups in total. The molecule has 1 aliphatic heterocycles. The summed E-state index contributed by atoms with van der Waals surface area (Å²) in [4.78, 5) is 0. The molecule has 1 heteroatoms. The van der Waals surface area contributed by atoms with Gasteiger partial charge in [0.2, 0.25) is 0 Å². The molecule has 12 heavy (non-hydrogen) atoms. The molecule has 0 aromatic carbocycles. The maximum absolute atomic E-state index is 5.62. The smallest absolute Gasteiger partial charge is 0.113 e. The first-order valence-electron chi connectivity index (χ1n) is 4.55. The van der Waals surface area contributed by atoms with E-state index in [0.29, 0.717) is 12.0 Å². The Morgan fingerprint density at radius 1 is 1.67 bits per heavy atom. The van der Waals surface area contributed by atoms with Crippen LogP contribution in [0.3, 0.4) is 0 Å². The Labute approximate surface area is 74.1 Å². The lowest BCUT2D eigenvalue weighted by atomic mass is 9.77. The fourth-order valence-electron chi connectivity index (χ4n) is 2.06. The summed E-state index contributed by atoms with van der Waals surface area (Å²) in [6.07, 6.45) is 2.65. The first kappa shape index (κ1) is 8.06. The van der Waals surface area contributed by atoms with Crippen molar-refractivity contribution in [2.24, 2.45) is 5.92 Å². The van der Waals surface area contributed by atoms with E-state index in [9.17, 15) is 0 Å². The second kappa shape index (κ2) is 2.23. The Hall–Kier alpha value is -0.560. The van der Waals surface area contributed by atoms with Gasteiger partial charge in [0.15, 0.2) is 0 Å². The third-order valence-corrected chi connectivity index (χ3v) is 3.33. The maximum Gasteiger partial charge on any atom is 0.113 e. The van der Waals surface area contributed by atoms with Gasteiger partial charge in [-0.2, -0.15) is 0 Å². The lowest BCUT2D eigenvalue weighted by Crippen LogP contribution is -2.23. The molecular formula is C11H16O. The van der Waals surface area contributed by atoms with Crippen LogP contribution in [0.5, 0.6) is 0 Å². The number of hydrogen-bond acceptors (Lipinski definition) is 1. The van der Waals surface area contributed by atoms with Gasteiger partial charge in [0.05, 0.1) is 6.10 Å². The molecule has 66 valence electrons. The normalized spacial score (nSPS) is 45.3. The van der Waals surface area contributed by atoms with Crippen LogP contribution < -0.4 is 0 Å². The highest BCUT2D eigenvalue weighted by molar-refractivity contribution is 5.29. The van der Waals surface area contributed by atoms with Crippen molar-refractivity contribution in [3.8, 4) is 0 Å². The summed E-state index contributed by atoms with van der Waals surface area (Å²) in [5.74, 6) is 0.609. The van der Waals surface area contributed by atoms with Gasteiger partial charge in [0.25, 0.3) is 0 Å². The summed E-state index contributed by atoms with van der Waals surface area (Å²) in [5.41, 5.74) is 2.56. The van der Waals surface area contributed by atoms with Gasteiger partial charge in [-0.1, -0.05) is 18.7 Å². The number of hydrogen-bond donors (Lipinski definition) is 0. The molecule has 1 aliphatic carbocycles. The van der Waals surface area contributed by atoms with Gasteiger partial charge in [-0.3, -0.25) is 0 Å². The molecule has 1 saturated heterocycles. The van der Waals surface area contributed by atoms with E-state index in [1.807, 2.05) is 0 Å². The fourth-order valence-corrected chi connectivity index (χ4v) is 2.06. The molecule has 0 spiro atoms. The highest BCUT2D eigenvalue weighted by Gasteiger charge is 2.57. The molecule has 0 aromatic rings. The molecule has 0 amide bonds. The summed E-state index contributed by atoms with van der Waals surface area (Å²) >= 11 is 0. The third kappa shape index (κ3) is 0.962. The second-order valence-electron chi connectivity index (χ2n) is 4.30. The molecule has 0 bridgehead atoms. The van der Waals surface area contributed by atoms with Crippen molar-refractivity contribution in [2.45, 2.75) is 38.4 Å². The van der Waals surface area contributed by atoms with E-state index < -0.39 is 0 Å². The summed E-state index contributed by atoms with van der Waals surface area (Å²) in [7, 11) is 0. The zero-order chi connectivity index (χ0) is 8.93. The summed E-state index contributed by atoms with van der Waals surface area (Å²) in [6.45, 7) is 12.3. The lowest BCUT2D eigenvalue weighted by Gasteiger charge is -2.24. The van der Waals surface area contributed by atoms with E-state index in [1.54, 1.807) is 0 Å². The van der Waals surface area contributed by atoms with Crippen LogP contribution in [-0.4, -0.2) is 11.7 Å². The van der Waals surface area contributed by atoms with Crippen LogP contribution in [-0.2, 0) is 4.74 Å². The van der Waals surface area contributed by atoms with E-state index in [1.165, 1.54) is 11.1 Å². The van der Waals surface area contributed by atoms with Gasteiger partial charge in [-0.05, 0) is 38.2 Å². The molecule has 3 atom stereocenters. The molecular weight excluding hydrogens is 148 g/mol. The number of rotatable bonds is 1. The monoisotopic (exact) mass is 164 g/mol. The minimum Gasteiger partial charge on any atom is -0.362 e. The van der Waals surface area contributed by atoms with E-state index >= 15 is 0 Å². The van der Waals surface area contributed by atoms with Gasteiger partial charge < -0.3 is 4.74 Å². The van der Waals surface area contributed by atoms with Crippen LogP contribution in [0.15, 0.2) is 24.3 Å². The van der Waals surface area contributed by atoms with Crippen LogP contribution in [0, 0.1) is 5.92 Å². The molecule has 2 rings (SSSR count). The maximum atomic E-state index is 5.62. The Bertz CT molecular complexity index is 254. The highest BCUT2D eigenvalue weighted by atomic mass is 16.6. The van der Waals surface area contributed by atoms with Crippen LogP contribution in [0.2, 0.25) is 0 Å². The molecule has 1 nitrogen and oxygen atoms in total. The lowest BCUT2D eigenvalue weighted by molar-refractivity contribution is 0.337. The number of allylic oxidation sites excluding steroid dienone is 1. The Morgan fingerprint density at radius 3 is 2.83 bits per heavy atom. The minimum absolute atomic E-state index is 0.0337. The standard InChI is InChI=1S/C11H16O/c1-7(2)9-5-8(3)11(4)10(6-9)12-11/h9-10H,1,3,5-6H2,2,4H3/t9-,10?,11+/m1/s1. The SMILES string of the molecule is C=C(C)[C@@H]1CC(=C)[C@]2(C)OC2C1. The zero-order valence-electron chi connectivity index (χ0n) is 7.89. The average Bonchev–Trinajstić information content (AvgIpc) is 2.62. The zero-order valence-corrected chi connectivity index (χ0v) is 7.89. The molecule has 1 heterocycles.